The third-order valence-corrected chi connectivity index (χ3v) is 7.53. The average Bonchev–Trinajstić information content (AvgIpc) is 3.37. The fourth-order valence-corrected chi connectivity index (χ4v) is 5.10. The first-order valence-corrected chi connectivity index (χ1v) is 13.1. The molecule has 1 aliphatic heterocycles. The normalized spacial score (nSPS) is 16.5. The number of H-pyrrole nitrogens is 1. The van der Waals surface area contributed by atoms with Crippen molar-refractivity contribution >= 4 is 17.8 Å². The van der Waals surface area contributed by atoms with Crippen LogP contribution in [0.1, 0.15) is 56.3 Å². The fourth-order valence-electron chi connectivity index (χ4n) is 5.10. The maximum absolute atomic E-state index is 14.7. The zero-order chi connectivity index (χ0) is 30.8. The van der Waals surface area contributed by atoms with Crippen LogP contribution in [0, 0.1) is 19.7 Å². The second-order valence-electron chi connectivity index (χ2n) is 10.1. The number of carboxylic acids is 1. The molecule has 5 rings (SSSR count). The molecule has 2 aliphatic rings. The molecule has 1 aliphatic carbocycles. The van der Waals surface area contributed by atoms with Gasteiger partial charge in [0.15, 0.2) is 0 Å². The van der Waals surface area contributed by atoms with Gasteiger partial charge >= 0.3 is 12.1 Å². The standard InChI is InChI=1S/C27H27FN4O3.C2HF3O2/c1-16-17(2)26(34)30-29-23(16)14-18-7-9-22(28)21(13-18)27(35)31-11-12-32(25(33)15-31)24-10-8-19-5-3-4-6-20(19)24;3-2(4,5)1(6)7/h3-7,9,13,24H,8,10-12,14-15H2,1-2H3,(H,30,34);(H,6,7). The quantitative estimate of drug-likeness (QED) is 0.448. The lowest BCUT2D eigenvalue weighted by atomic mass is 10.0. The highest BCUT2D eigenvalue weighted by Crippen LogP contribution is 2.36. The summed E-state index contributed by atoms with van der Waals surface area (Å²) < 4.78 is 46.4. The number of alkyl halides is 3. The monoisotopic (exact) mass is 588 g/mol. The highest BCUT2D eigenvalue weighted by molar-refractivity contribution is 5.97. The Kier molecular flexibility index (Phi) is 8.78. The van der Waals surface area contributed by atoms with E-state index in [2.05, 4.69) is 22.3 Å². The van der Waals surface area contributed by atoms with Gasteiger partial charge in [-0.1, -0.05) is 30.3 Å². The van der Waals surface area contributed by atoms with Gasteiger partial charge < -0.3 is 14.9 Å². The average molecular weight is 589 g/mol. The second kappa shape index (κ2) is 12.1. The Morgan fingerprint density at radius 1 is 1.07 bits per heavy atom. The maximum atomic E-state index is 14.7. The highest BCUT2D eigenvalue weighted by Gasteiger charge is 2.38. The van der Waals surface area contributed by atoms with Crippen LogP contribution in [0.2, 0.25) is 0 Å². The lowest BCUT2D eigenvalue weighted by molar-refractivity contribution is -0.192. The number of aromatic nitrogens is 2. The topological polar surface area (TPSA) is 124 Å². The van der Waals surface area contributed by atoms with E-state index < -0.39 is 23.9 Å². The van der Waals surface area contributed by atoms with E-state index in [9.17, 15) is 31.9 Å². The van der Waals surface area contributed by atoms with E-state index in [4.69, 9.17) is 9.90 Å². The predicted molar refractivity (Wildman–Crippen MR) is 142 cm³/mol. The Balaban J connectivity index is 0.000000517. The zero-order valence-electron chi connectivity index (χ0n) is 22.8. The number of carbonyl (C=O) groups is 3. The molecule has 1 saturated heterocycles. The van der Waals surface area contributed by atoms with Crippen molar-refractivity contribution in [2.75, 3.05) is 19.6 Å². The number of nitrogens with one attached hydrogen (secondary N) is 1. The number of aryl methyl sites for hydroxylation is 1. The van der Waals surface area contributed by atoms with Crippen LogP contribution in [0.25, 0.3) is 0 Å². The number of carbonyl (C=O) groups excluding carboxylic acids is 2. The van der Waals surface area contributed by atoms with E-state index in [-0.39, 0.29) is 29.6 Å². The van der Waals surface area contributed by atoms with Gasteiger partial charge in [-0.25, -0.2) is 14.3 Å². The maximum Gasteiger partial charge on any atom is 0.490 e. The van der Waals surface area contributed by atoms with Gasteiger partial charge in [0, 0.05) is 25.1 Å². The van der Waals surface area contributed by atoms with Crippen molar-refractivity contribution < 1.29 is 37.1 Å². The van der Waals surface area contributed by atoms with Gasteiger partial charge in [-0.2, -0.15) is 18.3 Å². The molecule has 222 valence electrons. The number of benzene rings is 2. The number of hydrogen-bond acceptors (Lipinski definition) is 5. The summed E-state index contributed by atoms with van der Waals surface area (Å²) in [6, 6.07) is 12.6. The number of halogens is 4. The molecule has 2 amide bonds. The van der Waals surface area contributed by atoms with Gasteiger partial charge in [0.25, 0.3) is 11.5 Å². The van der Waals surface area contributed by atoms with Crippen LogP contribution in [-0.2, 0) is 22.4 Å². The van der Waals surface area contributed by atoms with Crippen molar-refractivity contribution in [2.24, 2.45) is 0 Å². The molecule has 3 aromatic rings. The summed E-state index contributed by atoms with van der Waals surface area (Å²) in [7, 11) is 0. The Morgan fingerprint density at radius 2 is 1.76 bits per heavy atom. The molecule has 1 fully saturated rings. The van der Waals surface area contributed by atoms with E-state index >= 15 is 0 Å². The van der Waals surface area contributed by atoms with Gasteiger partial charge in [-0.3, -0.25) is 14.4 Å². The Hall–Kier alpha value is -4.55. The van der Waals surface area contributed by atoms with E-state index in [1.807, 2.05) is 24.0 Å². The Bertz CT molecular complexity index is 1590. The smallest absolute Gasteiger partial charge is 0.475 e. The summed E-state index contributed by atoms with van der Waals surface area (Å²) in [4.78, 5) is 50.2. The van der Waals surface area contributed by atoms with Crippen LogP contribution < -0.4 is 5.56 Å². The third-order valence-electron chi connectivity index (χ3n) is 7.53. The SMILES string of the molecule is Cc1c(Cc2ccc(F)c(C(=O)N3CCN(C4CCc5ccccc54)C(=O)C3)c2)n[nH]c(=O)c1C.O=C(O)C(F)(F)F. The van der Waals surface area contributed by atoms with Gasteiger partial charge in [-0.05, 0) is 61.1 Å². The number of aromatic amines is 1. The molecular formula is C29H28F4N4O5. The minimum Gasteiger partial charge on any atom is -0.475 e. The van der Waals surface area contributed by atoms with E-state index in [0.717, 1.165) is 18.4 Å². The van der Waals surface area contributed by atoms with E-state index in [1.54, 1.807) is 13.0 Å². The van der Waals surface area contributed by atoms with Crippen molar-refractivity contribution in [3.05, 3.63) is 97.7 Å². The molecular weight excluding hydrogens is 560 g/mol. The molecule has 1 atom stereocenters. The largest absolute Gasteiger partial charge is 0.490 e. The van der Waals surface area contributed by atoms with Crippen LogP contribution in [0.15, 0.2) is 47.3 Å². The Morgan fingerprint density at radius 3 is 2.43 bits per heavy atom. The number of aliphatic carboxylic acids is 1. The first-order chi connectivity index (χ1) is 19.8. The van der Waals surface area contributed by atoms with E-state index in [1.165, 1.54) is 28.2 Å². The molecule has 9 nitrogen and oxygen atoms in total. The molecule has 0 spiro atoms. The number of nitrogens with zero attached hydrogens (tertiary/aromatic N) is 3. The van der Waals surface area contributed by atoms with Crippen LogP contribution >= 0.6 is 0 Å². The summed E-state index contributed by atoms with van der Waals surface area (Å²) in [5.74, 6) is -3.99. The van der Waals surface area contributed by atoms with Crippen LogP contribution in [-0.4, -0.2) is 68.7 Å². The molecule has 13 heteroatoms. The number of fused-ring (bicyclic) bond motifs is 1. The number of hydrogen-bond donors (Lipinski definition) is 2. The molecule has 0 bridgehead atoms. The number of amides is 2. The van der Waals surface area contributed by atoms with Crippen LogP contribution in [0.5, 0.6) is 0 Å². The van der Waals surface area contributed by atoms with Gasteiger partial charge in [0.2, 0.25) is 5.91 Å². The third kappa shape index (κ3) is 6.50. The summed E-state index contributed by atoms with van der Waals surface area (Å²) >= 11 is 0. The first-order valence-electron chi connectivity index (χ1n) is 13.1. The fraction of sp³-hybridized carbons (Fsp3) is 0.345. The second-order valence-corrected chi connectivity index (χ2v) is 10.1. The molecule has 0 radical (unpaired) electrons. The van der Waals surface area contributed by atoms with Crippen molar-refractivity contribution in [1.29, 1.82) is 0 Å². The van der Waals surface area contributed by atoms with Gasteiger partial charge in [0.05, 0.1) is 17.3 Å². The molecule has 1 unspecified atom stereocenters. The highest BCUT2D eigenvalue weighted by atomic mass is 19.4. The molecule has 42 heavy (non-hydrogen) atoms. The van der Waals surface area contributed by atoms with Crippen molar-refractivity contribution in [3.8, 4) is 0 Å². The first kappa shape index (κ1) is 30.4. The number of rotatable bonds is 4. The van der Waals surface area contributed by atoms with Crippen LogP contribution in [0.4, 0.5) is 17.6 Å². The molecule has 2 N–H and O–H groups in total. The van der Waals surface area contributed by atoms with Gasteiger partial charge in [-0.15, -0.1) is 0 Å². The van der Waals surface area contributed by atoms with Crippen molar-refractivity contribution in [1.82, 2.24) is 20.0 Å². The Labute approximate surface area is 237 Å². The van der Waals surface area contributed by atoms with E-state index in [0.29, 0.717) is 36.3 Å². The van der Waals surface area contributed by atoms with Crippen LogP contribution in [0.3, 0.4) is 0 Å². The summed E-state index contributed by atoms with van der Waals surface area (Å²) in [5.41, 5.74) is 4.85. The predicted octanol–water partition coefficient (Wildman–Crippen LogP) is 3.72. The lowest BCUT2D eigenvalue weighted by Crippen LogP contribution is -2.53. The molecule has 2 heterocycles. The van der Waals surface area contributed by atoms with Crippen molar-refractivity contribution in [3.63, 3.8) is 0 Å². The van der Waals surface area contributed by atoms with Crippen molar-refractivity contribution in [2.45, 2.75) is 45.3 Å². The molecule has 0 saturated carbocycles. The van der Waals surface area contributed by atoms with Gasteiger partial charge in [0.1, 0.15) is 12.4 Å². The lowest BCUT2D eigenvalue weighted by Gasteiger charge is -2.38. The zero-order valence-corrected chi connectivity index (χ0v) is 22.8. The number of piperazine rings is 1. The summed E-state index contributed by atoms with van der Waals surface area (Å²) in [6.45, 7) is 4.24. The minimum atomic E-state index is -5.08. The minimum absolute atomic E-state index is 0.0347. The summed E-state index contributed by atoms with van der Waals surface area (Å²) in [6.07, 6.45) is -2.92. The summed E-state index contributed by atoms with van der Waals surface area (Å²) in [5, 5.41) is 13.7. The number of carboxylic acid groups (broad SMARTS) is 1. The molecule has 1 aromatic heterocycles. The molecule has 2 aromatic carbocycles.